The molecule has 1 aromatic carbocycles. The standard InChI is InChI=1S/C17H22N4O3/c1-12(19-16(23)24-17(2,3)4)15(22)20-13-6-5-7-14(10-13)21-9-8-18-11-21/h5-12H,1-4H3,(H,19,23)(H,20,22)/t12-/m1/s1. The molecule has 0 aliphatic rings. The van der Waals surface area contributed by atoms with E-state index in [1.807, 2.05) is 29.0 Å². The number of rotatable bonds is 4. The van der Waals surface area contributed by atoms with Crippen molar-refractivity contribution in [3.8, 4) is 5.69 Å². The predicted octanol–water partition coefficient (Wildman–Crippen LogP) is 2.72. The first-order valence-corrected chi connectivity index (χ1v) is 7.63. The van der Waals surface area contributed by atoms with Gasteiger partial charge in [0, 0.05) is 23.8 Å². The quantitative estimate of drug-likeness (QED) is 0.902. The van der Waals surface area contributed by atoms with Crippen LogP contribution in [0.1, 0.15) is 27.7 Å². The van der Waals surface area contributed by atoms with Crippen LogP contribution in [0.25, 0.3) is 5.69 Å². The number of anilines is 1. The number of imidazole rings is 1. The van der Waals surface area contributed by atoms with Crippen molar-refractivity contribution in [2.45, 2.75) is 39.3 Å². The summed E-state index contributed by atoms with van der Waals surface area (Å²) in [5, 5.41) is 5.28. The van der Waals surface area contributed by atoms with Gasteiger partial charge in [-0.05, 0) is 45.9 Å². The summed E-state index contributed by atoms with van der Waals surface area (Å²) >= 11 is 0. The first kappa shape index (κ1) is 17.5. The lowest BCUT2D eigenvalue weighted by atomic mass is 10.2. The van der Waals surface area contributed by atoms with Crippen molar-refractivity contribution in [1.82, 2.24) is 14.9 Å². The lowest BCUT2D eigenvalue weighted by Crippen LogP contribution is -2.43. The van der Waals surface area contributed by atoms with Crippen molar-refractivity contribution in [2.24, 2.45) is 0 Å². The largest absolute Gasteiger partial charge is 0.444 e. The summed E-state index contributed by atoms with van der Waals surface area (Å²) in [5.74, 6) is -0.330. The lowest BCUT2D eigenvalue weighted by Gasteiger charge is -2.21. The molecule has 0 saturated carbocycles. The van der Waals surface area contributed by atoms with Crippen LogP contribution in [0, 0.1) is 0 Å². The molecule has 128 valence electrons. The van der Waals surface area contributed by atoms with Crippen LogP contribution in [0.4, 0.5) is 10.5 Å². The van der Waals surface area contributed by atoms with Crippen LogP contribution in [0.15, 0.2) is 43.0 Å². The topological polar surface area (TPSA) is 85.2 Å². The summed E-state index contributed by atoms with van der Waals surface area (Å²) in [6.45, 7) is 6.88. The smallest absolute Gasteiger partial charge is 0.408 e. The van der Waals surface area contributed by atoms with Gasteiger partial charge in [-0.25, -0.2) is 9.78 Å². The van der Waals surface area contributed by atoms with Crippen LogP contribution < -0.4 is 10.6 Å². The van der Waals surface area contributed by atoms with E-state index in [0.717, 1.165) is 5.69 Å². The third-order valence-electron chi connectivity index (χ3n) is 3.04. The van der Waals surface area contributed by atoms with Crippen LogP contribution in [0.3, 0.4) is 0 Å². The molecule has 2 aromatic rings. The van der Waals surface area contributed by atoms with Crippen molar-refractivity contribution >= 4 is 17.7 Å². The average molecular weight is 330 g/mol. The van der Waals surface area contributed by atoms with Crippen LogP contribution in [-0.2, 0) is 9.53 Å². The molecule has 0 aliphatic heterocycles. The van der Waals surface area contributed by atoms with Gasteiger partial charge in [0.1, 0.15) is 11.6 Å². The van der Waals surface area contributed by atoms with E-state index < -0.39 is 17.7 Å². The molecule has 0 fully saturated rings. The number of ether oxygens (including phenoxy) is 1. The molecule has 0 aliphatic carbocycles. The van der Waals surface area contributed by atoms with Crippen molar-refractivity contribution in [2.75, 3.05) is 5.32 Å². The zero-order valence-electron chi connectivity index (χ0n) is 14.2. The van der Waals surface area contributed by atoms with E-state index in [-0.39, 0.29) is 5.91 Å². The minimum absolute atomic E-state index is 0.330. The molecule has 2 rings (SSSR count). The van der Waals surface area contributed by atoms with Gasteiger partial charge in [0.15, 0.2) is 0 Å². The third-order valence-corrected chi connectivity index (χ3v) is 3.04. The molecule has 0 radical (unpaired) electrons. The number of amides is 2. The zero-order chi connectivity index (χ0) is 17.7. The fraction of sp³-hybridized carbons (Fsp3) is 0.353. The maximum atomic E-state index is 12.2. The Morgan fingerprint density at radius 2 is 2.04 bits per heavy atom. The maximum Gasteiger partial charge on any atom is 0.408 e. The summed E-state index contributed by atoms with van der Waals surface area (Å²) in [4.78, 5) is 27.9. The molecule has 2 amide bonds. The molecule has 2 N–H and O–H groups in total. The zero-order valence-corrected chi connectivity index (χ0v) is 14.2. The fourth-order valence-corrected chi connectivity index (χ4v) is 1.96. The Kier molecular flexibility index (Phi) is 5.23. The van der Waals surface area contributed by atoms with Gasteiger partial charge >= 0.3 is 6.09 Å². The molecule has 0 saturated heterocycles. The normalized spacial score (nSPS) is 12.3. The highest BCUT2D eigenvalue weighted by molar-refractivity contribution is 5.96. The molecular formula is C17H22N4O3. The van der Waals surface area contributed by atoms with E-state index in [2.05, 4.69) is 15.6 Å². The van der Waals surface area contributed by atoms with Crippen molar-refractivity contribution in [3.05, 3.63) is 43.0 Å². The van der Waals surface area contributed by atoms with Crippen molar-refractivity contribution in [1.29, 1.82) is 0 Å². The highest BCUT2D eigenvalue weighted by atomic mass is 16.6. The molecule has 0 bridgehead atoms. The Morgan fingerprint density at radius 1 is 1.29 bits per heavy atom. The average Bonchev–Trinajstić information content (AvgIpc) is 2.99. The van der Waals surface area contributed by atoms with Gasteiger partial charge in [-0.15, -0.1) is 0 Å². The Bertz CT molecular complexity index is 705. The minimum Gasteiger partial charge on any atom is -0.444 e. The third kappa shape index (κ3) is 5.12. The second-order valence-electron chi connectivity index (χ2n) is 6.38. The number of nitrogens with zero attached hydrogens (tertiary/aromatic N) is 2. The number of carbonyl (C=O) groups excluding carboxylic acids is 2. The van der Waals surface area contributed by atoms with E-state index in [9.17, 15) is 9.59 Å². The number of carbonyl (C=O) groups is 2. The second kappa shape index (κ2) is 7.16. The fourth-order valence-electron chi connectivity index (χ4n) is 1.96. The van der Waals surface area contributed by atoms with Gasteiger partial charge < -0.3 is 19.9 Å². The molecular weight excluding hydrogens is 308 g/mol. The summed E-state index contributed by atoms with van der Waals surface area (Å²) < 4.78 is 6.97. The Morgan fingerprint density at radius 3 is 2.67 bits per heavy atom. The molecule has 1 aromatic heterocycles. The number of nitrogens with one attached hydrogen (secondary N) is 2. The van der Waals surface area contributed by atoms with Gasteiger partial charge in [-0.2, -0.15) is 0 Å². The van der Waals surface area contributed by atoms with E-state index in [1.165, 1.54) is 0 Å². The van der Waals surface area contributed by atoms with Gasteiger partial charge in [-0.1, -0.05) is 6.07 Å². The number of benzene rings is 1. The summed E-state index contributed by atoms with van der Waals surface area (Å²) in [6, 6.07) is 6.60. The highest BCUT2D eigenvalue weighted by Gasteiger charge is 2.21. The second-order valence-corrected chi connectivity index (χ2v) is 6.38. The number of aromatic nitrogens is 2. The van der Waals surface area contributed by atoms with E-state index in [0.29, 0.717) is 5.69 Å². The Hall–Kier alpha value is -2.83. The first-order valence-electron chi connectivity index (χ1n) is 7.63. The van der Waals surface area contributed by atoms with Gasteiger partial charge in [0.2, 0.25) is 5.91 Å². The Labute approximate surface area is 141 Å². The number of alkyl carbamates (subject to hydrolysis) is 1. The van der Waals surface area contributed by atoms with Gasteiger partial charge in [0.05, 0.1) is 6.33 Å². The molecule has 7 nitrogen and oxygen atoms in total. The molecule has 24 heavy (non-hydrogen) atoms. The lowest BCUT2D eigenvalue weighted by molar-refractivity contribution is -0.117. The van der Waals surface area contributed by atoms with Crippen LogP contribution >= 0.6 is 0 Å². The van der Waals surface area contributed by atoms with E-state index in [1.54, 1.807) is 46.3 Å². The Balaban J connectivity index is 1.97. The minimum atomic E-state index is -0.725. The molecule has 7 heteroatoms. The number of hydrogen-bond acceptors (Lipinski definition) is 4. The molecule has 1 heterocycles. The van der Waals surface area contributed by atoms with Crippen LogP contribution in [0.5, 0.6) is 0 Å². The summed E-state index contributed by atoms with van der Waals surface area (Å²) in [6.07, 6.45) is 4.54. The van der Waals surface area contributed by atoms with Crippen molar-refractivity contribution < 1.29 is 14.3 Å². The van der Waals surface area contributed by atoms with E-state index in [4.69, 9.17) is 4.74 Å². The molecule has 0 spiro atoms. The van der Waals surface area contributed by atoms with E-state index >= 15 is 0 Å². The van der Waals surface area contributed by atoms with Gasteiger partial charge in [0.25, 0.3) is 0 Å². The molecule has 1 atom stereocenters. The monoisotopic (exact) mass is 330 g/mol. The molecule has 0 unspecified atom stereocenters. The first-order chi connectivity index (χ1) is 11.2. The van der Waals surface area contributed by atoms with Gasteiger partial charge in [-0.3, -0.25) is 4.79 Å². The van der Waals surface area contributed by atoms with Crippen LogP contribution in [-0.4, -0.2) is 33.2 Å². The van der Waals surface area contributed by atoms with Crippen LogP contribution in [0.2, 0.25) is 0 Å². The number of hydrogen-bond donors (Lipinski definition) is 2. The summed E-state index contributed by atoms with van der Waals surface area (Å²) in [5.41, 5.74) is 0.890. The summed E-state index contributed by atoms with van der Waals surface area (Å²) in [7, 11) is 0. The predicted molar refractivity (Wildman–Crippen MR) is 91.0 cm³/mol. The SMILES string of the molecule is C[C@@H](NC(=O)OC(C)(C)C)C(=O)Nc1cccc(-n2ccnc2)c1. The maximum absolute atomic E-state index is 12.2. The van der Waals surface area contributed by atoms with Crippen molar-refractivity contribution in [3.63, 3.8) is 0 Å². The highest BCUT2D eigenvalue weighted by Crippen LogP contribution is 2.14.